The van der Waals surface area contributed by atoms with Crippen LogP contribution in [0.1, 0.15) is 26.7 Å². The summed E-state index contributed by atoms with van der Waals surface area (Å²) in [5.41, 5.74) is 0. The number of ether oxygens (including phenoxy) is 1. The molecule has 0 aliphatic carbocycles. The second-order valence-corrected chi connectivity index (χ2v) is 3.20. The van der Waals surface area contributed by atoms with Crippen LogP contribution in [0.5, 0.6) is 0 Å². The number of aliphatic hydroxyl groups is 2. The SMILES string of the molecule is C[C@@H]1C[C@@H](O)C[C@@](C)(O)O1. The smallest absolute Gasteiger partial charge is 0.165 e. The van der Waals surface area contributed by atoms with Crippen LogP contribution in [0.25, 0.3) is 0 Å². The summed E-state index contributed by atoms with van der Waals surface area (Å²) in [5, 5.41) is 18.5. The molecule has 3 nitrogen and oxygen atoms in total. The molecule has 1 saturated heterocycles. The van der Waals surface area contributed by atoms with E-state index in [0.29, 0.717) is 12.8 Å². The highest BCUT2D eigenvalue weighted by Crippen LogP contribution is 2.25. The topological polar surface area (TPSA) is 49.7 Å². The van der Waals surface area contributed by atoms with Crippen molar-refractivity contribution in [3.8, 4) is 0 Å². The van der Waals surface area contributed by atoms with Crippen molar-refractivity contribution in [3.63, 3.8) is 0 Å². The van der Waals surface area contributed by atoms with Gasteiger partial charge in [-0.1, -0.05) is 0 Å². The zero-order chi connectivity index (χ0) is 7.78. The number of rotatable bonds is 0. The standard InChI is InChI=1S/C7H14O3/c1-5-3-6(8)4-7(2,9)10-5/h5-6,8-9H,3-4H2,1-2H3/t5-,6-,7+/m1/s1. The third-order valence-electron chi connectivity index (χ3n) is 1.67. The quantitative estimate of drug-likeness (QED) is 0.515. The van der Waals surface area contributed by atoms with Gasteiger partial charge in [0.1, 0.15) is 0 Å². The first-order valence-corrected chi connectivity index (χ1v) is 3.58. The lowest BCUT2D eigenvalue weighted by molar-refractivity contribution is -0.256. The van der Waals surface area contributed by atoms with Gasteiger partial charge in [0.2, 0.25) is 0 Å². The minimum absolute atomic E-state index is 0.0428. The number of hydrogen-bond acceptors (Lipinski definition) is 3. The van der Waals surface area contributed by atoms with E-state index >= 15 is 0 Å². The maximum Gasteiger partial charge on any atom is 0.165 e. The first-order chi connectivity index (χ1) is 4.49. The molecule has 0 aromatic heterocycles. The van der Waals surface area contributed by atoms with E-state index in [1.54, 1.807) is 6.92 Å². The fraction of sp³-hybridized carbons (Fsp3) is 1.00. The lowest BCUT2D eigenvalue weighted by Gasteiger charge is -2.35. The van der Waals surface area contributed by atoms with E-state index in [9.17, 15) is 10.2 Å². The molecule has 1 aliphatic rings. The molecule has 60 valence electrons. The molecule has 3 heteroatoms. The van der Waals surface area contributed by atoms with E-state index in [0.717, 1.165) is 0 Å². The first kappa shape index (κ1) is 7.98. The first-order valence-electron chi connectivity index (χ1n) is 3.58. The van der Waals surface area contributed by atoms with Crippen molar-refractivity contribution >= 4 is 0 Å². The molecule has 0 spiro atoms. The van der Waals surface area contributed by atoms with Crippen molar-refractivity contribution in [2.45, 2.75) is 44.7 Å². The molecule has 1 aliphatic heterocycles. The minimum atomic E-state index is -1.13. The summed E-state index contributed by atoms with van der Waals surface area (Å²) < 4.78 is 5.14. The Morgan fingerprint density at radius 2 is 2.20 bits per heavy atom. The highest BCUT2D eigenvalue weighted by atomic mass is 16.6. The fourth-order valence-corrected chi connectivity index (χ4v) is 1.43. The Kier molecular flexibility index (Phi) is 1.99. The molecule has 0 aromatic rings. The summed E-state index contributed by atoms with van der Waals surface area (Å²) in [4.78, 5) is 0. The molecular formula is C7H14O3. The van der Waals surface area contributed by atoms with Gasteiger partial charge in [-0.05, 0) is 20.3 Å². The zero-order valence-corrected chi connectivity index (χ0v) is 6.37. The van der Waals surface area contributed by atoms with Crippen LogP contribution in [0.15, 0.2) is 0 Å². The summed E-state index contributed by atoms with van der Waals surface area (Å²) >= 11 is 0. The average Bonchev–Trinajstić information content (AvgIpc) is 1.54. The van der Waals surface area contributed by atoms with E-state index in [1.165, 1.54) is 0 Å². The van der Waals surface area contributed by atoms with Crippen molar-refractivity contribution in [3.05, 3.63) is 0 Å². The monoisotopic (exact) mass is 146 g/mol. The third-order valence-corrected chi connectivity index (χ3v) is 1.67. The molecule has 1 rings (SSSR count). The van der Waals surface area contributed by atoms with Crippen LogP contribution >= 0.6 is 0 Å². The minimum Gasteiger partial charge on any atom is -0.393 e. The highest BCUT2D eigenvalue weighted by molar-refractivity contribution is 4.76. The Morgan fingerprint density at radius 3 is 2.60 bits per heavy atom. The van der Waals surface area contributed by atoms with Crippen LogP contribution in [0.3, 0.4) is 0 Å². The lowest BCUT2D eigenvalue weighted by atomic mass is 10.0. The Bertz CT molecular complexity index is 110. The van der Waals surface area contributed by atoms with E-state index in [1.807, 2.05) is 6.92 Å². The molecule has 3 atom stereocenters. The average molecular weight is 146 g/mol. The second kappa shape index (κ2) is 2.49. The predicted molar refractivity (Wildman–Crippen MR) is 36.4 cm³/mol. The Balaban J connectivity index is 2.51. The van der Waals surface area contributed by atoms with E-state index in [2.05, 4.69) is 0 Å². The molecule has 0 bridgehead atoms. The molecule has 10 heavy (non-hydrogen) atoms. The summed E-state index contributed by atoms with van der Waals surface area (Å²) in [6.45, 7) is 3.42. The van der Waals surface area contributed by atoms with Gasteiger partial charge in [0, 0.05) is 6.42 Å². The molecule has 0 aromatic carbocycles. The van der Waals surface area contributed by atoms with Crippen molar-refractivity contribution in [1.29, 1.82) is 0 Å². The maximum atomic E-state index is 9.33. The van der Waals surface area contributed by atoms with Crippen LogP contribution in [0.2, 0.25) is 0 Å². The van der Waals surface area contributed by atoms with Gasteiger partial charge < -0.3 is 14.9 Å². The molecule has 0 amide bonds. The Labute approximate surface area is 60.6 Å². The third kappa shape index (κ3) is 1.94. The van der Waals surface area contributed by atoms with E-state index in [-0.39, 0.29) is 6.10 Å². The van der Waals surface area contributed by atoms with Crippen LogP contribution in [0.4, 0.5) is 0 Å². The maximum absolute atomic E-state index is 9.33. The van der Waals surface area contributed by atoms with E-state index < -0.39 is 11.9 Å². The molecule has 0 saturated carbocycles. The molecule has 0 radical (unpaired) electrons. The molecule has 2 N–H and O–H groups in total. The van der Waals surface area contributed by atoms with Crippen LogP contribution in [-0.4, -0.2) is 28.2 Å². The molecule has 1 fully saturated rings. The van der Waals surface area contributed by atoms with Crippen molar-refractivity contribution < 1.29 is 14.9 Å². The van der Waals surface area contributed by atoms with Gasteiger partial charge >= 0.3 is 0 Å². The summed E-state index contributed by atoms with van der Waals surface area (Å²) in [6.07, 6.45) is 0.477. The lowest BCUT2D eigenvalue weighted by Crippen LogP contribution is -2.42. The number of hydrogen-bond donors (Lipinski definition) is 2. The highest BCUT2D eigenvalue weighted by Gasteiger charge is 2.33. The van der Waals surface area contributed by atoms with Crippen molar-refractivity contribution in [2.24, 2.45) is 0 Å². The van der Waals surface area contributed by atoms with E-state index in [4.69, 9.17) is 4.74 Å². The zero-order valence-electron chi connectivity index (χ0n) is 6.37. The number of aliphatic hydroxyl groups excluding tert-OH is 1. The molecule has 1 heterocycles. The summed E-state index contributed by atoms with van der Waals surface area (Å²) in [6, 6.07) is 0. The van der Waals surface area contributed by atoms with Crippen LogP contribution in [0, 0.1) is 0 Å². The van der Waals surface area contributed by atoms with Gasteiger partial charge in [0.25, 0.3) is 0 Å². The molecular weight excluding hydrogens is 132 g/mol. The predicted octanol–water partition coefficient (Wildman–Crippen LogP) is 0.255. The normalized spacial score (nSPS) is 49.2. The van der Waals surface area contributed by atoms with Crippen LogP contribution < -0.4 is 0 Å². The second-order valence-electron chi connectivity index (χ2n) is 3.20. The largest absolute Gasteiger partial charge is 0.393 e. The van der Waals surface area contributed by atoms with Crippen molar-refractivity contribution in [2.75, 3.05) is 0 Å². The van der Waals surface area contributed by atoms with Crippen molar-refractivity contribution in [1.82, 2.24) is 0 Å². The van der Waals surface area contributed by atoms with Gasteiger partial charge in [-0.25, -0.2) is 0 Å². The van der Waals surface area contributed by atoms with Gasteiger partial charge in [-0.3, -0.25) is 0 Å². The van der Waals surface area contributed by atoms with Gasteiger partial charge in [-0.2, -0.15) is 0 Å². The fourth-order valence-electron chi connectivity index (χ4n) is 1.43. The molecule has 0 unspecified atom stereocenters. The Morgan fingerprint density at radius 1 is 1.60 bits per heavy atom. The summed E-state index contributed by atoms with van der Waals surface area (Å²) in [7, 11) is 0. The van der Waals surface area contributed by atoms with Gasteiger partial charge in [0.05, 0.1) is 12.2 Å². The van der Waals surface area contributed by atoms with Gasteiger partial charge in [-0.15, -0.1) is 0 Å². The van der Waals surface area contributed by atoms with Gasteiger partial charge in [0.15, 0.2) is 5.79 Å². The van der Waals surface area contributed by atoms with Crippen LogP contribution in [-0.2, 0) is 4.74 Å². The Hall–Kier alpha value is -0.120. The summed E-state index contributed by atoms with van der Waals surface area (Å²) in [5.74, 6) is -1.13.